The van der Waals surface area contributed by atoms with Crippen molar-refractivity contribution < 1.29 is 22.7 Å². The number of ether oxygens (including phenoxy) is 1. The largest absolute Gasteiger partial charge is 0.497 e. The molecule has 0 aliphatic heterocycles. The number of carbonyl (C=O) groups excluding carboxylic acids is 2. The van der Waals surface area contributed by atoms with Crippen LogP contribution in [0.15, 0.2) is 48.5 Å². The fourth-order valence-corrected chi connectivity index (χ4v) is 4.50. The van der Waals surface area contributed by atoms with E-state index in [-0.39, 0.29) is 18.5 Å². The normalized spacial score (nSPS) is 13.0. The van der Waals surface area contributed by atoms with Crippen LogP contribution >= 0.6 is 0 Å². The van der Waals surface area contributed by atoms with Gasteiger partial charge in [-0.25, -0.2) is 8.42 Å². The van der Waals surface area contributed by atoms with Crippen LogP contribution in [0.1, 0.15) is 45.2 Å². The second-order valence-corrected chi connectivity index (χ2v) is 10.5. The Morgan fingerprint density at radius 2 is 1.66 bits per heavy atom. The number of para-hydroxylation sites is 1. The van der Waals surface area contributed by atoms with Crippen LogP contribution in [0.5, 0.6) is 5.75 Å². The van der Waals surface area contributed by atoms with Crippen LogP contribution in [0.25, 0.3) is 0 Å². The van der Waals surface area contributed by atoms with Gasteiger partial charge in [-0.1, -0.05) is 44.2 Å². The Morgan fingerprint density at radius 3 is 2.20 bits per heavy atom. The second kappa shape index (κ2) is 12.6. The van der Waals surface area contributed by atoms with E-state index in [0.29, 0.717) is 17.9 Å². The predicted molar refractivity (Wildman–Crippen MR) is 139 cm³/mol. The Morgan fingerprint density at radius 1 is 1.03 bits per heavy atom. The average molecular weight is 504 g/mol. The summed E-state index contributed by atoms with van der Waals surface area (Å²) >= 11 is 0. The van der Waals surface area contributed by atoms with Crippen LogP contribution < -0.4 is 14.4 Å². The number of methoxy groups -OCH3 is 1. The molecule has 2 amide bonds. The number of carbonyl (C=O) groups is 2. The van der Waals surface area contributed by atoms with Crippen LogP contribution in [0.3, 0.4) is 0 Å². The number of hydrogen-bond donors (Lipinski definition) is 1. The lowest BCUT2D eigenvalue weighted by molar-refractivity contribution is -0.139. The Bertz CT molecular complexity index is 1100. The summed E-state index contributed by atoms with van der Waals surface area (Å²) in [5, 5.41) is 2.92. The Balaban J connectivity index is 2.41. The molecule has 8 nitrogen and oxygen atoms in total. The first-order valence-corrected chi connectivity index (χ1v) is 13.6. The minimum atomic E-state index is -3.76. The van der Waals surface area contributed by atoms with Gasteiger partial charge in [0.2, 0.25) is 21.8 Å². The molecule has 0 aliphatic carbocycles. The number of nitrogens with one attached hydrogen (secondary N) is 1. The zero-order valence-electron chi connectivity index (χ0n) is 21.4. The minimum absolute atomic E-state index is 0.0492. The van der Waals surface area contributed by atoms with Gasteiger partial charge in [0.25, 0.3) is 0 Å². The maximum Gasteiger partial charge on any atom is 0.244 e. The number of nitrogens with zero attached hydrogens (tertiary/aromatic N) is 2. The van der Waals surface area contributed by atoms with E-state index in [1.165, 1.54) is 4.90 Å². The number of benzene rings is 2. The van der Waals surface area contributed by atoms with Crippen LogP contribution in [0, 0.1) is 0 Å². The molecule has 35 heavy (non-hydrogen) atoms. The van der Waals surface area contributed by atoms with Gasteiger partial charge in [0.05, 0.1) is 19.1 Å². The first-order valence-electron chi connectivity index (χ1n) is 11.8. The minimum Gasteiger partial charge on any atom is -0.497 e. The molecule has 0 aliphatic rings. The Labute approximate surface area is 209 Å². The molecule has 2 unspecified atom stereocenters. The van der Waals surface area contributed by atoms with E-state index in [4.69, 9.17) is 4.74 Å². The van der Waals surface area contributed by atoms with Crippen LogP contribution in [-0.4, -0.2) is 57.1 Å². The standard InChI is InChI=1S/C26H37N3O5S/c1-7-19(3)27-26(31)20(4)28(17-21-13-15-23(34-5)16-14-21)25(30)18-29(35(6,32)33)24-12-10-9-11-22(24)8-2/h9-16,19-20H,7-8,17-18H2,1-6H3,(H,27,31). The molecule has 2 aromatic rings. The highest BCUT2D eigenvalue weighted by Gasteiger charge is 2.31. The zero-order valence-corrected chi connectivity index (χ0v) is 22.3. The van der Waals surface area contributed by atoms with Gasteiger partial charge >= 0.3 is 0 Å². The van der Waals surface area contributed by atoms with Crippen molar-refractivity contribution in [3.05, 3.63) is 59.7 Å². The maximum atomic E-state index is 13.6. The van der Waals surface area contributed by atoms with Gasteiger partial charge in [-0.05, 0) is 56.0 Å². The molecular weight excluding hydrogens is 466 g/mol. The molecule has 0 radical (unpaired) electrons. The molecule has 0 saturated heterocycles. The summed E-state index contributed by atoms with van der Waals surface area (Å²) < 4.78 is 31.8. The average Bonchev–Trinajstić information content (AvgIpc) is 2.84. The molecular formula is C26H37N3O5S. The molecule has 1 N–H and O–H groups in total. The van der Waals surface area contributed by atoms with Crippen molar-refractivity contribution in [3.8, 4) is 5.75 Å². The highest BCUT2D eigenvalue weighted by atomic mass is 32.2. The lowest BCUT2D eigenvalue weighted by Gasteiger charge is -2.32. The molecule has 0 bridgehead atoms. The molecule has 192 valence electrons. The molecule has 2 rings (SSSR count). The molecule has 0 aromatic heterocycles. The van der Waals surface area contributed by atoms with Gasteiger partial charge in [-0.15, -0.1) is 0 Å². The van der Waals surface area contributed by atoms with E-state index in [9.17, 15) is 18.0 Å². The molecule has 2 atom stereocenters. The summed E-state index contributed by atoms with van der Waals surface area (Å²) in [6, 6.07) is 13.5. The van der Waals surface area contributed by atoms with Crippen molar-refractivity contribution in [2.24, 2.45) is 0 Å². The Kier molecular flexibility index (Phi) is 10.1. The second-order valence-electron chi connectivity index (χ2n) is 8.62. The highest BCUT2D eigenvalue weighted by molar-refractivity contribution is 7.92. The first-order chi connectivity index (χ1) is 16.5. The zero-order chi connectivity index (χ0) is 26.2. The van der Waals surface area contributed by atoms with Gasteiger partial charge in [-0.2, -0.15) is 0 Å². The van der Waals surface area contributed by atoms with E-state index < -0.39 is 28.5 Å². The molecule has 0 saturated carbocycles. The van der Waals surface area contributed by atoms with Crippen LogP contribution in [0.4, 0.5) is 5.69 Å². The summed E-state index contributed by atoms with van der Waals surface area (Å²) in [6.45, 7) is 7.18. The van der Waals surface area contributed by atoms with E-state index in [2.05, 4.69) is 5.32 Å². The lowest BCUT2D eigenvalue weighted by atomic mass is 10.1. The lowest BCUT2D eigenvalue weighted by Crippen LogP contribution is -2.52. The van der Waals surface area contributed by atoms with Gasteiger partial charge in [0.1, 0.15) is 18.3 Å². The predicted octanol–water partition coefficient (Wildman–Crippen LogP) is 3.36. The first kappa shape index (κ1) is 28.2. The molecule has 0 fully saturated rings. The Hall–Kier alpha value is -3.07. The molecule has 2 aromatic carbocycles. The number of hydrogen-bond acceptors (Lipinski definition) is 5. The van der Waals surface area contributed by atoms with E-state index in [0.717, 1.165) is 28.1 Å². The van der Waals surface area contributed by atoms with Crippen molar-refractivity contribution in [2.45, 2.75) is 59.2 Å². The monoisotopic (exact) mass is 503 g/mol. The molecule has 0 heterocycles. The fraction of sp³-hybridized carbons (Fsp3) is 0.462. The van der Waals surface area contributed by atoms with Gasteiger partial charge in [0.15, 0.2) is 0 Å². The fourth-order valence-electron chi connectivity index (χ4n) is 3.62. The molecule has 0 spiro atoms. The maximum absolute atomic E-state index is 13.6. The van der Waals surface area contributed by atoms with Gasteiger partial charge in [0, 0.05) is 12.6 Å². The van der Waals surface area contributed by atoms with E-state index in [1.807, 2.05) is 45.0 Å². The molecule has 9 heteroatoms. The summed E-state index contributed by atoms with van der Waals surface area (Å²) in [6.07, 6.45) is 2.44. The third-order valence-corrected chi connectivity index (χ3v) is 7.13. The van der Waals surface area contributed by atoms with E-state index in [1.54, 1.807) is 38.3 Å². The van der Waals surface area contributed by atoms with Crippen LogP contribution in [-0.2, 0) is 32.6 Å². The van der Waals surface area contributed by atoms with E-state index >= 15 is 0 Å². The SMILES string of the molecule is CCc1ccccc1N(CC(=O)N(Cc1ccc(OC)cc1)C(C)C(=O)NC(C)CC)S(C)(=O)=O. The third kappa shape index (κ3) is 7.71. The van der Waals surface area contributed by atoms with Crippen LogP contribution in [0.2, 0.25) is 0 Å². The number of amides is 2. The number of aryl methyl sites for hydroxylation is 1. The van der Waals surface area contributed by atoms with Gasteiger partial charge < -0.3 is 15.0 Å². The van der Waals surface area contributed by atoms with Crippen molar-refractivity contribution in [3.63, 3.8) is 0 Å². The number of rotatable bonds is 12. The van der Waals surface area contributed by atoms with Crippen molar-refractivity contribution >= 4 is 27.5 Å². The topological polar surface area (TPSA) is 96.0 Å². The quantitative estimate of drug-likeness (QED) is 0.479. The van der Waals surface area contributed by atoms with Crippen molar-refractivity contribution in [1.29, 1.82) is 0 Å². The summed E-state index contributed by atoms with van der Waals surface area (Å²) in [7, 11) is -2.19. The van der Waals surface area contributed by atoms with Crippen molar-refractivity contribution in [2.75, 3.05) is 24.2 Å². The summed E-state index contributed by atoms with van der Waals surface area (Å²) in [5.41, 5.74) is 2.07. The third-order valence-electron chi connectivity index (χ3n) is 6.00. The number of anilines is 1. The summed E-state index contributed by atoms with van der Waals surface area (Å²) in [5.74, 6) is -0.0846. The number of sulfonamides is 1. The highest BCUT2D eigenvalue weighted by Crippen LogP contribution is 2.24. The smallest absolute Gasteiger partial charge is 0.244 e. The van der Waals surface area contributed by atoms with Crippen molar-refractivity contribution in [1.82, 2.24) is 10.2 Å². The van der Waals surface area contributed by atoms with Gasteiger partial charge in [-0.3, -0.25) is 13.9 Å². The summed E-state index contributed by atoms with van der Waals surface area (Å²) in [4.78, 5) is 28.0.